The van der Waals surface area contributed by atoms with Crippen LogP contribution in [-0.4, -0.2) is 24.5 Å². The van der Waals surface area contributed by atoms with Gasteiger partial charge in [-0.05, 0) is 6.42 Å². The van der Waals surface area contributed by atoms with E-state index in [9.17, 15) is 13.2 Å². The van der Waals surface area contributed by atoms with Gasteiger partial charge in [-0.1, -0.05) is 32.6 Å². The van der Waals surface area contributed by atoms with E-state index >= 15 is 0 Å². The lowest BCUT2D eigenvalue weighted by Gasteiger charge is -2.09. The van der Waals surface area contributed by atoms with Crippen LogP contribution < -0.4 is 0 Å². The van der Waals surface area contributed by atoms with E-state index in [0.717, 1.165) is 25.7 Å². The first-order valence-corrected chi connectivity index (χ1v) is 6.42. The summed E-state index contributed by atoms with van der Waals surface area (Å²) in [5, 5.41) is -0.906. The standard InChI is InChI=1S/C9H18O4S/c1-2-3-4-5-6-9(7-8-10)14(11,12)13/h8-9H,2-7H2,1H3,(H,11,12,13). The highest BCUT2D eigenvalue weighted by Crippen LogP contribution is 2.13. The van der Waals surface area contributed by atoms with E-state index in [1.165, 1.54) is 0 Å². The molecule has 84 valence electrons. The van der Waals surface area contributed by atoms with Gasteiger partial charge in [0.2, 0.25) is 0 Å². The molecule has 0 bridgehead atoms. The van der Waals surface area contributed by atoms with Gasteiger partial charge in [-0.25, -0.2) is 0 Å². The average molecular weight is 222 g/mol. The SMILES string of the molecule is CCCCCCC(CC=O)S(=O)(=O)O. The molecule has 0 spiro atoms. The first-order valence-electron chi connectivity index (χ1n) is 4.92. The Bertz CT molecular complexity index is 246. The van der Waals surface area contributed by atoms with Gasteiger partial charge in [-0.15, -0.1) is 0 Å². The minimum Gasteiger partial charge on any atom is -0.303 e. The van der Waals surface area contributed by atoms with Crippen molar-refractivity contribution in [2.75, 3.05) is 0 Å². The summed E-state index contributed by atoms with van der Waals surface area (Å²) in [5.41, 5.74) is 0. The van der Waals surface area contributed by atoms with E-state index in [1.807, 2.05) is 0 Å². The number of unbranched alkanes of at least 4 members (excludes halogenated alkanes) is 3. The van der Waals surface area contributed by atoms with Crippen LogP contribution in [0.1, 0.15) is 45.4 Å². The van der Waals surface area contributed by atoms with Crippen molar-refractivity contribution in [1.29, 1.82) is 0 Å². The van der Waals surface area contributed by atoms with Crippen LogP contribution in [0, 0.1) is 0 Å². The molecule has 0 aliphatic rings. The van der Waals surface area contributed by atoms with Gasteiger partial charge in [0.25, 0.3) is 10.1 Å². The van der Waals surface area contributed by atoms with Crippen LogP contribution in [0.4, 0.5) is 0 Å². The highest BCUT2D eigenvalue weighted by Gasteiger charge is 2.21. The fourth-order valence-electron chi connectivity index (χ4n) is 1.29. The van der Waals surface area contributed by atoms with Gasteiger partial charge in [0.15, 0.2) is 0 Å². The zero-order chi connectivity index (χ0) is 11.0. The summed E-state index contributed by atoms with van der Waals surface area (Å²) in [6.45, 7) is 2.06. The van der Waals surface area contributed by atoms with E-state index in [-0.39, 0.29) is 6.42 Å². The topological polar surface area (TPSA) is 71.4 Å². The molecule has 0 heterocycles. The Morgan fingerprint density at radius 3 is 2.36 bits per heavy atom. The van der Waals surface area contributed by atoms with Crippen molar-refractivity contribution in [2.24, 2.45) is 0 Å². The average Bonchev–Trinajstić information content (AvgIpc) is 2.08. The van der Waals surface area contributed by atoms with Crippen LogP contribution in [0.2, 0.25) is 0 Å². The molecule has 0 aromatic rings. The highest BCUT2D eigenvalue weighted by molar-refractivity contribution is 7.86. The van der Waals surface area contributed by atoms with Gasteiger partial charge < -0.3 is 4.79 Å². The molecule has 1 N–H and O–H groups in total. The summed E-state index contributed by atoms with van der Waals surface area (Å²) >= 11 is 0. The maximum atomic E-state index is 10.8. The van der Waals surface area contributed by atoms with Crippen LogP contribution in [0.25, 0.3) is 0 Å². The van der Waals surface area contributed by atoms with Gasteiger partial charge >= 0.3 is 0 Å². The normalized spacial score (nSPS) is 13.9. The molecular weight excluding hydrogens is 204 g/mol. The maximum absolute atomic E-state index is 10.8. The second-order valence-corrected chi connectivity index (χ2v) is 5.09. The molecule has 0 radical (unpaired) electrons. The van der Waals surface area contributed by atoms with Gasteiger partial charge in [-0.2, -0.15) is 8.42 Å². The summed E-state index contributed by atoms with van der Waals surface area (Å²) in [4.78, 5) is 10.2. The summed E-state index contributed by atoms with van der Waals surface area (Å²) in [7, 11) is -4.05. The van der Waals surface area contributed by atoms with Crippen LogP contribution in [0.15, 0.2) is 0 Å². The van der Waals surface area contributed by atoms with Gasteiger partial charge in [-0.3, -0.25) is 4.55 Å². The summed E-state index contributed by atoms with van der Waals surface area (Å²) in [6, 6.07) is 0. The number of carbonyl (C=O) groups excluding carboxylic acids is 1. The summed E-state index contributed by atoms with van der Waals surface area (Å²) in [6.07, 6.45) is 4.62. The van der Waals surface area contributed by atoms with Gasteiger partial charge in [0, 0.05) is 6.42 Å². The molecule has 0 aromatic carbocycles. The Kier molecular flexibility index (Phi) is 6.74. The third-order valence-corrected chi connectivity index (χ3v) is 3.43. The molecule has 4 nitrogen and oxygen atoms in total. The van der Waals surface area contributed by atoms with Crippen molar-refractivity contribution in [3.05, 3.63) is 0 Å². The quantitative estimate of drug-likeness (QED) is 0.386. The molecule has 0 aliphatic carbocycles. The predicted octanol–water partition coefficient (Wildman–Crippen LogP) is 1.80. The zero-order valence-corrected chi connectivity index (χ0v) is 9.29. The molecule has 0 rings (SSSR count). The molecule has 0 aromatic heterocycles. The smallest absolute Gasteiger partial charge is 0.268 e. The van der Waals surface area contributed by atoms with Crippen LogP contribution in [-0.2, 0) is 14.9 Å². The molecule has 1 atom stereocenters. The molecule has 0 aliphatic heterocycles. The van der Waals surface area contributed by atoms with E-state index in [2.05, 4.69) is 6.92 Å². The van der Waals surface area contributed by atoms with E-state index in [4.69, 9.17) is 4.55 Å². The zero-order valence-electron chi connectivity index (χ0n) is 8.48. The van der Waals surface area contributed by atoms with E-state index < -0.39 is 15.4 Å². The van der Waals surface area contributed by atoms with Crippen molar-refractivity contribution in [3.63, 3.8) is 0 Å². The molecule has 0 saturated carbocycles. The Morgan fingerprint density at radius 2 is 1.93 bits per heavy atom. The minimum atomic E-state index is -4.05. The van der Waals surface area contributed by atoms with Gasteiger partial charge in [0.05, 0.1) is 5.25 Å². The lowest BCUT2D eigenvalue weighted by Crippen LogP contribution is -2.20. The predicted molar refractivity (Wildman–Crippen MR) is 54.8 cm³/mol. The van der Waals surface area contributed by atoms with Crippen LogP contribution >= 0.6 is 0 Å². The Hall–Kier alpha value is -0.420. The lowest BCUT2D eigenvalue weighted by molar-refractivity contribution is -0.107. The first kappa shape index (κ1) is 13.6. The van der Waals surface area contributed by atoms with Gasteiger partial charge in [0.1, 0.15) is 6.29 Å². The lowest BCUT2D eigenvalue weighted by atomic mass is 10.1. The number of aldehydes is 1. The Morgan fingerprint density at radius 1 is 1.29 bits per heavy atom. The van der Waals surface area contributed by atoms with Crippen molar-refractivity contribution in [3.8, 4) is 0 Å². The van der Waals surface area contributed by atoms with Crippen LogP contribution in [0.5, 0.6) is 0 Å². The fourth-order valence-corrected chi connectivity index (χ4v) is 2.08. The molecule has 0 fully saturated rings. The van der Waals surface area contributed by atoms with E-state index in [0.29, 0.717) is 12.7 Å². The van der Waals surface area contributed by atoms with Crippen molar-refractivity contribution < 1.29 is 17.8 Å². The number of hydrogen-bond donors (Lipinski definition) is 1. The molecule has 14 heavy (non-hydrogen) atoms. The number of carbonyl (C=O) groups is 1. The van der Waals surface area contributed by atoms with Crippen molar-refractivity contribution in [1.82, 2.24) is 0 Å². The summed E-state index contributed by atoms with van der Waals surface area (Å²) < 4.78 is 30.3. The molecular formula is C9H18O4S. The van der Waals surface area contributed by atoms with Crippen LogP contribution in [0.3, 0.4) is 0 Å². The van der Waals surface area contributed by atoms with E-state index in [1.54, 1.807) is 0 Å². The largest absolute Gasteiger partial charge is 0.303 e. The highest BCUT2D eigenvalue weighted by atomic mass is 32.2. The third-order valence-electron chi connectivity index (χ3n) is 2.16. The third kappa shape index (κ3) is 6.10. The molecule has 0 saturated heterocycles. The second-order valence-electron chi connectivity index (χ2n) is 3.39. The maximum Gasteiger partial charge on any atom is 0.268 e. The number of rotatable bonds is 8. The van der Waals surface area contributed by atoms with Crippen molar-refractivity contribution >= 4 is 16.4 Å². The Balaban J connectivity index is 3.93. The summed E-state index contributed by atoms with van der Waals surface area (Å²) in [5.74, 6) is 0. The number of hydrogen-bond acceptors (Lipinski definition) is 3. The first-order chi connectivity index (χ1) is 6.52. The fraction of sp³-hybridized carbons (Fsp3) is 0.889. The molecule has 1 unspecified atom stereocenters. The van der Waals surface area contributed by atoms with Crippen molar-refractivity contribution in [2.45, 2.75) is 50.7 Å². The Labute approximate surface area is 85.4 Å². The monoisotopic (exact) mass is 222 g/mol. The molecule has 5 heteroatoms. The minimum absolute atomic E-state index is 0.106. The molecule has 0 amide bonds. The second kappa shape index (κ2) is 6.95.